The van der Waals surface area contributed by atoms with Gasteiger partial charge in [0.15, 0.2) is 0 Å². The van der Waals surface area contributed by atoms with Crippen molar-refractivity contribution in [2.24, 2.45) is 0 Å². The van der Waals surface area contributed by atoms with Crippen LogP contribution in [0.2, 0.25) is 0 Å². The third kappa shape index (κ3) is 4.53. The number of rotatable bonds is 5. The van der Waals surface area contributed by atoms with E-state index in [2.05, 4.69) is 15.4 Å². The van der Waals surface area contributed by atoms with E-state index in [1.54, 1.807) is 24.3 Å². The van der Waals surface area contributed by atoms with E-state index < -0.39 is 23.6 Å². The second kappa shape index (κ2) is 8.34. The predicted octanol–water partition coefficient (Wildman–Crippen LogP) is 2.67. The fourth-order valence-corrected chi connectivity index (χ4v) is 2.73. The fraction of sp³-hybridized carbons (Fsp3) is 0.150. The number of amides is 2. The molecule has 7 nitrogen and oxygen atoms in total. The van der Waals surface area contributed by atoms with Crippen LogP contribution >= 0.6 is 0 Å². The summed E-state index contributed by atoms with van der Waals surface area (Å²) in [6.07, 6.45) is 1.16. The number of hydrogen-bond donors (Lipinski definition) is 2. The van der Waals surface area contributed by atoms with Gasteiger partial charge in [-0.2, -0.15) is 0 Å². The maximum absolute atomic E-state index is 13.0. The molecule has 1 aliphatic heterocycles. The quantitative estimate of drug-likeness (QED) is 0.775. The van der Waals surface area contributed by atoms with E-state index in [0.717, 1.165) is 0 Å². The summed E-state index contributed by atoms with van der Waals surface area (Å²) in [5.41, 5.74) is 1.86. The molecule has 0 aromatic heterocycles. The highest BCUT2D eigenvalue weighted by Crippen LogP contribution is 2.30. The molecule has 0 fully saturated rings. The van der Waals surface area contributed by atoms with Crippen LogP contribution < -0.4 is 15.5 Å². The van der Waals surface area contributed by atoms with Crippen molar-refractivity contribution in [3.05, 3.63) is 66.1 Å². The van der Waals surface area contributed by atoms with Crippen LogP contribution in [0.15, 0.2) is 60.3 Å². The molecule has 2 amide bonds. The van der Waals surface area contributed by atoms with Crippen molar-refractivity contribution < 1.29 is 23.5 Å². The maximum Gasteiger partial charge on any atom is 0.311 e. The van der Waals surface area contributed by atoms with E-state index in [1.165, 1.54) is 42.4 Å². The van der Waals surface area contributed by atoms with Gasteiger partial charge in [0.25, 0.3) is 5.91 Å². The second-order valence-electron chi connectivity index (χ2n) is 6.04. The Morgan fingerprint density at radius 1 is 1.14 bits per heavy atom. The molecule has 28 heavy (non-hydrogen) atoms. The number of halogens is 1. The zero-order chi connectivity index (χ0) is 20.1. The van der Waals surface area contributed by atoms with Crippen molar-refractivity contribution in [1.82, 2.24) is 0 Å². The van der Waals surface area contributed by atoms with Crippen LogP contribution in [0.25, 0.3) is 0 Å². The standard InChI is InChI=1S/C20H18FN3O4/c1-28-20(27)11-15-10-19(26)24(17-5-3-2-4-16(17)22-15)12-18(25)23-14-8-6-13(21)7-9-14/h2-10,22H,11-12H2,1H3,(H,23,25). The van der Waals surface area contributed by atoms with E-state index in [4.69, 9.17) is 0 Å². The number of nitrogens with zero attached hydrogens (tertiary/aromatic N) is 1. The molecule has 144 valence electrons. The lowest BCUT2D eigenvalue weighted by molar-refractivity contribution is -0.139. The molecule has 2 aromatic carbocycles. The summed E-state index contributed by atoms with van der Waals surface area (Å²) in [7, 11) is 1.27. The van der Waals surface area contributed by atoms with Crippen molar-refractivity contribution >= 4 is 34.8 Å². The second-order valence-corrected chi connectivity index (χ2v) is 6.04. The smallest absolute Gasteiger partial charge is 0.311 e. The SMILES string of the molecule is COC(=O)CC1=CC(=O)N(CC(=O)Nc2ccc(F)cc2)c2ccccc2N1. The largest absolute Gasteiger partial charge is 0.469 e. The van der Waals surface area contributed by atoms with Gasteiger partial charge in [0.05, 0.1) is 24.9 Å². The van der Waals surface area contributed by atoms with E-state index in [9.17, 15) is 18.8 Å². The highest BCUT2D eigenvalue weighted by atomic mass is 19.1. The van der Waals surface area contributed by atoms with Gasteiger partial charge >= 0.3 is 5.97 Å². The van der Waals surface area contributed by atoms with Gasteiger partial charge in [-0.05, 0) is 36.4 Å². The molecule has 1 aliphatic rings. The number of nitrogens with one attached hydrogen (secondary N) is 2. The molecular weight excluding hydrogens is 365 g/mol. The highest BCUT2D eigenvalue weighted by molar-refractivity contribution is 6.10. The average Bonchev–Trinajstić information content (AvgIpc) is 2.80. The molecule has 0 saturated heterocycles. The summed E-state index contributed by atoms with van der Waals surface area (Å²) in [4.78, 5) is 38.0. The molecule has 0 radical (unpaired) electrons. The Balaban J connectivity index is 1.82. The Hall–Kier alpha value is -3.68. The summed E-state index contributed by atoms with van der Waals surface area (Å²) in [6.45, 7) is -0.253. The van der Waals surface area contributed by atoms with Crippen molar-refractivity contribution in [3.63, 3.8) is 0 Å². The molecule has 8 heteroatoms. The van der Waals surface area contributed by atoms with Crippen LogP contribution in [0.4, 0.5) is 21.5 Å². The van der Waals surface area contributed by atoms with Crippen LogP contribution in [-0.2, 0) is 19.1 Å². The molecule has 1 heterocycles. The van der Waals surface area contributed by atoms with E-state index in [1.807, 2.05) is 0 Å². The van der Waals surface area contributed by atoms with Crippen LogP contribution in [0, 0.1) is 5.82 Å². The third-order valence-corrected chi connectivity index (χ3v) is 4.05. The zero-order valence-corrected chi connectivity index (χ0v) is 15.1. The van der Waals surface area contributed by atoms with Crippen LogP contribution in [0.3, 0.4) is 0 Å². The molecule has 0 spiro atoms. The third-order valence-electron chi connectivity index (χ3n) is 4.05. The van der Waals surface area contributed by atoms with Crippen molar-refractivity contribution in [3.8, 4) is 0 Å². The first kappa shape index (κ1) is 19.1. The predicted molar refractivity (Wildman–Crippen MR) is 102 cm³/mol. The van der Waals surface area contributed by atoms with Gasteiger partial charge in [-0.15, -0.1) is 0 Å². The van der Waals surface area contributed by atoms with Gasteiger partial charge < -0.3 is 15.4 Å². The Kier molecular flexibility index (Phi) is 5.69. The van der Waals surface area contributed by atoms with Crippen LogP contribution in [-0.4, -0.2) is 31.4 Å². The number of benzene rings is 2. The average molecular weight is 383 g/mol. The first-order valence-corrected chi connectivity index (χ1v) is 8.46. The van der Waals surface area contributed by atoms with Crippen LogP contribution in [0.5, 0.6) is 0 Å². The number of hydrogen-bond acceptors (Lipinski definition) is 5. The van der Waals surface area contributed by atoms with Gasteiger partial charge in [0.1, 0.15) is 12.4 Å². The molecule has 2 aromatic rings. The molecule has 0 aliphatic carbocycles. The fourth-order valence-electron chi connectivity index (χ4n) is 2.73. The summed E-state index contributed by atoms with van der Waals surface area (Å²) >= 11 is 0. The number of anilines is 3. The molecule has 0 atom stereocenters. The number of para-hydroxylation sites is 2. The maximum atomic E-state index is 13.0. The van der Waals surface area contributed by atoms with Crippen molar-refractivity contribution in [2.45, 2.75) is 6.42 Å². The number of carbonyl (C=O) groups is 3. The Morgan fingerprint density at radius 2 is 1.86 bits per heavy atom. The molecule has 0 saturated carbocycles. The Bertz CT molecular complexity index is 941. The molecule has 0 bridgehead atoms. The lowest BCUT2D eigenvalue weighted by Gasteiger charge is -2.21. The zero-order valence-electron chi connectivity index (χ0n) is 15.1. The minimum atomic E-state index is -0.494. The Morgan fingerprint density at radius 3 is 2.57 bits per heavy atom. The minimum absolute atomic E-state index is 0.105. The van der Waals surface area contributed by atoms with E-state index in [-0.39, 0.29) is 13.0 Å². The van der Waals surface area contributed by atoms with E-state index >= 15 is 0 Å². The van der Waals surface area contributed by atoms with Gasteiger partial charge in [-0.1, -0.05) is 12.1 Å². The summed E-state index contributed by atoms with van der Waals surface area (Å²) in [5, 5.41) is 5.66. The molecule has 2 N–H and O–H groups in total. The Labute approximate surface area is 160 Å². The normalized spacial score (nSPS) is 13.0. The molecular formula is C20H18FN3O4. The van der Waals surface area contributed by atoms with Gasteiger partial charge in [0, 0.05) is 17.5 Å². The van der Waals surface area contributed by atoms with Gasteiger partial charge in [0.2, 0.25) is 5.91 Å². The summed E-state index contributed by atoms with van der Waals surface area (Å²) in [6, 6.07) is 12.3. The lowest BCUT2D eigenvalue weighted by atomic mass is 10.2. The van der Waals surface area contributed by atoms with Gasteiger partial charge in [-0.25, -0.2) is 4.39 Å². The first-order chi connectivity index (χ1) is 13.5. The molecule has 0 unspecified atom stereocenters. The summed E-state index contributed by atoms with van der Waals surface area (Å²) < 4.78 is 17.6. The number of esters is 1. The topological polar surface area (TPSA) is 87.7 Å². The van der Waals surface area contributed by atoms with Crippen molar-refractivity contribution in [2.75, 3.05) is 29.2 Å². The number of fused-ring (bicyclic) bond motifs is 1. The van der Waals surface area contributed by atoms with E-state index in [0.29, 0.717) is 22.8 Å². The number of methoxy groups -OCH3 is 1. The summed E-state index contributed by atoms with van der Waals surface area (Å²) in [5.74, 6) is -1.80. The number of ether oxygens (including phenoxy) is 1. The van der Waals surface area contributed by atoms with Gasteiger partial charge in [-0.3, -0.25) is 19.3 Å². The first-order valence-electron chi connectivity index (χ1n) is 8.46. The van der Waals surface area contributed by atoms with Crippen LogP contribution in [0.1, 0.15) is 6.42 Å². The highest BCUT2D eigenvalue weighted by Gasteiger charge is 2.25. The monoisotopic (exact) mass is 383 g/mol. The number of carbonyl (C=O) groups excluding carboxylic acids is 3. The minimum Gasteiger partial charge on any atom is -0.469 e. The van der Waals surface area contributed by atoms with Crippen molar-refractivity contribution in [1.29, 1.82) is 0 Å². The lowest BCUT2D eigenvalue weighted by Crippen LogP contribution is -2.37. The molecule has 3 rings (SSSR count).